The fourth-order valence-corrected chi connectivity index (χ4v) is 1.85. The third kappa shape index (κ3) is 2.14. The summed E-state index contributed by atoms with van der Waals surface area (Å²) in [7, 11) is 0. The van der Waals surface area contributed by atoms with Crippen LogP contribution in [-0.4, -0.2) is 17.0 Å². The molecule has 0 spiro atoms. The number of hydrogen-bond acceptors (Lipinski definition) is 5. The largest absolute Gasteiger partial charge is 0.457 e. The topological polar surface area (TPSA) is 60.3 Å². The first-order valence-corrected chi connectivity index (χ1v) is 5.82. The van der Waals surface area contributed by atoms with E-state index in [2.05, 4.69) is 10.2 Å². The molecule has 92 valence electrons. The zero-order chi connectivity index (χ0) is 12.4. The number of H-pyrrole nitrogens is 1. The van der Waals surface area contributed by atoms with Crippen LogP contribution >= 0.6 is 12.2 Å². The normalized spacial score (nSPS) is 14.4. The average Bonchev–Trinajstić information content (AvgIpc) is 2.99. The van der Waals surface area contributed by atoms with E-state index in [1.54, 1.807) is 0 Å². The van der Waals surface area contributed by atoms with Crippen LogP contribution in [-0.2, 0) is 15.9 Å². The Bertz CT molecular complexity index is 630. The number of ether oxygens (including phenoxy) is 2. The molecule has 0 saturated carbocycles. The molecule has 0 amide bonds. The van der Waals surface area contributed by atoms with Gasteiger partial charge in [-0.1, -0.05) is 30.3 Å². The van der Waals surface area contributed by atoms with Crippen molar-refractivity contribution in [3.8, 4) is 0 Å². The van der Waals surface area contributed by atoms with Crippen molar-refractivity contribution in [2.75, 3.05) is 6.79 Å². The minimum absolute atomic E-state index is 0.173. The predicted octanol–water partition coefficient (Wildman–Crippen LogP) is 2.65. The van der Waals surface area contributed by atoms with Crippen molar-refractivity contribution in [2.45, 2.75) is 6.42 Å². The maximum absolute atomic E-state index is 5.44. The number of nitrogens with one attached hydrogen (secondary N) is 1. The molecule has 6 heteroatoms. The summed E-state index contributed by atoms with van der Waals surface area (Å²) in [5.74, 6) is 1.53. The van der Waals surface area contributed by atoms with Gasteiger partial charge in [0.2, 0.25) is 12.6 Å². The number of benzene rings is 1. The van der Waals surface area contributed by atoms with Gasteiger partial charge in [-0.05, 0) is 17.8 Å². The van der Waals surface area contributed by atoms with Crippen LogP contribution in [0.25, 0.3) is 5.76 Å². The van der Waals surface area contributed by atoms with Crippen LogP contribution < -0.4 is 0 Å². The molecule has 0 fully saturated rings. The zero-order valence-corrected chi connectivity index (χ0v) is 10.2. The SMILES string of the molecule is S=c1[nH]nc(C2=C(Cc3ccccc3)OCO2)o1. The molecule has 1 aromatic carbocycles. The van der Waals surface area contributed by atoms with Gasteiger partial charge >= 0.3 is 0 Å². The van der Waals surface area contributed by atoms with Gasteiger partial charge in [0.15, 0.2) is 5.76 Å². The second kappa shape index (κ2) is 4.66. The van der Waals surface area contributed by atoms with E-state index < -0.39 is 0 Å². The summed E-state index contributed by atoms with van der Waals surface area (Å²) in [5.41, 5.74) is 1.13. The molecule has 1 N–H and O–H groups in total. The number of allylic oxidation sites excluding steroid dienone is 1. The summed E-state index contributed by atoms with van der Waals surface area (Å²) in [6.07, 6.45) is 0.630. The molecular formula is C12H10N2O3S. The van der Waals surface area contributed by atoms with Crippen molar-refractivity contribution in [1.82, 2.24) is 10.2 Å². The molecule has 2 heterocycles. The Morgan fingerprint density at radius 1 is 1.22 bits per heavy atom. The van der Waals surface area contributed by atoms with E-state index in [0.717, 1.165) is 5.56 Å². The third-order valence-electron chi connectivity index (χ3n) is 2.53. The van der Waals surface area contributed by atoms with Gasteiger partial charge in [-0.2, -0.15) is 0 Å². The first-order valence-electron chi connectivity index (χ1n) is 5.41. The van der Waals surface area contributed by atoms with Gasteiger partial charge in [0.1, 0.15) is 0 Å². The van der Waals surface area contributed by atoms with Crippen LogP contribution in [0, 0.1) is 4.84 Å². The summed E-state index contributed by atoms with van der Waals surface area (Å²) < 4.78 is 16.0. The fraction of sp³-hybridized carbons (Fsp3) is 0.167. The molecule has 0 aliphatic carbocycles. The monoisotopic (exact) mass is 262 g/mol. The highest BCUT2D eigenvalue weighted by Gasteiger charge is 2.23. The standard InChI is InChI=1S/C12H10N2O3S/c18-12-14-13-11(17-12)10-9(15-7-16-10)6-8-4-2-1-3-5-8/h1-5H,6-7H2,(H,14,18). The molecule has 5 nitrogen and oxygen atoms in total. The summed E-state index contributed by atoms with van der Waals surface area (Å²) in [5, 5.41) is 6.49. The first kappa shape index (κ1) is 11.0. The Hall–Kier alpha value is -2.08. The number of hydrogen-bond donors (Lipinski definition) is 1. The summed E-state index contributed by atoms with van der Waals surface area (Å²) in [6.45, 7) is 0.173. The third-order valence-corrected chi connectivity index (χ3v) is 2.70. The van der Waals surface area contributed by atoms with Crippen molar-refractivity contribution in [3.05, 3.63) is 52.4 Å². The lowest BCUT2D eigenvalue weighted by molar-refractivity contribution is 0.0843. The van der Waals surface area contributed by atoms with Crippen LogP contribution in [0.15, 0.2) is 40.5 Å². The predicted molar refractivity (Wildman–Crippen MR) is 65.8 cm³/mol. The van der Waals surface area contributed by atoms with Crippen LogP contribution in [0.3, 0.4) is 0 Å². The van der Waals surface area contributed by atoms with Crippen LogP contribution in [0.2, 0.25) is 0 Å². The van der Waals surface area contributed by atoms with Gasteiger partial charge < -0.3 is 13.9 Å². The molecule has 18 heavy (non-hydrogen) atoms. The zero-order valence-electron chi connectivity index (χ0n) is 9.38. The molecule has 1 aromatic heterocycles. The second-order valence-corrected chi connectivity index (χ2v) is 4.11. The molecule has 0 radical (unpaired) electrons. The number of rotatable bonds is 3. The molecule has 1 aliphatic rings. The highest BCUT2D eigenvalue weighted by molar-refractivity contribution is 7.71. The van der Waals surface area contributed by atoms with Crippen LogP contribution in [0.4, 0.5) is 0 Å². The molecule has 1 aliphatic heterocycles. The van der Waals surface area contributed by atoms with E-state index in [-0.39, 0.29) is 11.6 Å². The van der Waals surface area contributed by atoms with Crippen molar-refractivity contribution < 1.29 is 13.9 Å². The Morgan fingerprint density at radius 2 is 2.06 bits per heavy atom. The van der Waals surface area contributed by atoms with Gasteiger partial charge in [0, 0.05) is 6.42 Å². The molecular weight excluding hydrogens is 252 g/mol. The lowest BCUT2D eigenvalue weighted by atomic mass is 10.1. The Balaban J connectivity index is 1.91. The highest BCUT2D eigenvalue weighted by Crippen LogP contribution is 2.27. The van der Waals surface area contributed by atoms with E-state index in [0.29, 0.717) is 23.8 Å². The summed E-state index contributed by atoms with van der Waals surface area (Å²) >= 11 is 4.83. The first-order chi connectivity index (χ1) is 8.83. The molecule has 3 rings (SSSR count). The smallest absolute Gasteiger partial charge is 0.285 e. The van der Waals surface area contributed by atoms with Gasteiger partial charge in [-0.15, -0.1) is 5.10 Å². The average molecular weight is 262 g/mol. The minimum atomic E-state index is 0.173. The summed E-state index contributed by atoms with van der Waals surface area (Å²) in [4.78, 5) is 0.215. The Kier molecular flexibility index (Phi) is 2.85. The maximum Gasteiger partial charge on any atom is 0.285 e. The van der Waals surface area contributed by atoms with Crippen molar-refractivity contribution in [3.63, 3.8) is 0 Å². The van der Waals surface area contributed by atoms with Gasteiger partial charge in [0.05, 0.1) is 0 Å². The van der Waals surface area contributed by atoms with Crippen LogP contribution in [0.1, 0.15) is 11.5 Å². The quantitative estimate of drug-likeness (QED) is 0.862. The Morgan fingerprint density at radius 3 is 2.78 bits per heavy atom. The lowest BCUT2D eigenvalue weighted by Crippen LogP contribution is -1.93. The van der Waals surface area contributed by atoms with E-state index in [1.165, 1.54) is 0 Å². The molecule has 0 bridgehead atoms. The van der Waals surface area contributed by atoms with Gasteiger partial charge in [-0.25, -0.2) is 5.10 Å². The second-order valence-electron chi connectivity index (χ2n) is 3.74. The van der Waals surface area contributed by atoms with E-state index >= 15 is 0 Å². The summed E-state index contributed by atoms with van der Waals surface area (Å²) in [6, 6.07) is 9.97. The van der Waals surface area contributed by atoms with Crippen molar-refractivity contribution in [1.29, 1.82) is 0 Å². The van der Waals surface area contributed by atoms with Crippen molar-refractivity contribution in [2.24, 2.45) is 0 Å². The Labute approximate surface area is 108 Å². The van der Waals surface area contributed by atoms with Crippen molar-refractivity contribution >= 4 is 18.0 Å². The maximum atomic E-state index is 5.44. The minimum Gasteiger partial charge on any atom is -0.457 e. The molecule has 0 atom stereocenters. The number of aromatic amines is 1. The number of aromatic nitrogens is 2. The fourth-order valence-electron chi connectivity index (χ4n) is 1.73. The van der Waals surface area contributed by atoms with E-state index in [1.807, 2.05) is 30.3 Å². The number of nitrogens with zero attached hydrogens (tertiary/aromatic N) is 1. The van der Waals surface area contributed by atoms with Gasteiger partial charge in [-0.3, -0.25) is 0 Å². The van der Waals surface area contributed by atoms with E-state index in [4.69, 9.17) is 26.1 Å². The lowest BCUT2D eigenvalue weighted by Gasteiger charge is -2.01. The van der Waals surface area contributed by atoms with Crippen LogP contribution in [0.5, 0.6) is 0 Å². The highest BCUT2D eigenvalue weighted by atomic mass is 32.1. The van der Waals surface area contributed by atoms with E-state index in [9.17, 15) is 0 Å². The molecule has 0 unspecified atom stereocenters. The van der Waals surface area contributed by atoms with Gasteiger partial charge in [0.25, 0.3) is 10.7 Å². The molecule has 2 aromatic rings. The molecule has 0 saturated heterocycles.